The van der Waals surface area contributed by atoms with Crippen molar-refractivity contribution in [2.24, 2.45) is 4.99 Å². The van der Waals surface area contributed by atoms with E-state index in [0.29, 0.717) is 6.04 Å². The number of aliphatic imine (C=N–C) groups is 1. The number of rotatable bonds is 1. The number of nitrogens with one attached hydrogen (secondary N) is 1. The van der Waals surface area contributed by atoms with E-state index in [4.69, 9.17) is 0 Å². The summed E-state index contributed by atoms with van der Waals surface area (Å²) in [7, 11) is 0. The van der Waals surface area contributed by atoms with E-state index in [1.165, 1.54) is 11.1 Å². The van der Waals surface area contributed by atoms with Crippen LogP contribution in [-0.4, -0.2) is 18.4 Å². The third kappa shape index (κ3) is 1.72. The minimum absolute atomic E-state index is 0.413. The van der Waals surface area contributed by atoms with E-state index in [9.17, 15) is 0 Å². The van der Waals surface area contributed by atoms with Crippen molar-refractivity contribution in [2.75, 3.05) is 6.54 Å². The lowest BCUT2D eigenvalue weighted by Gasteiger charge is -2.02. The lowest BCUT2D eigenvalue weighted by Crippen LogP contribution is -2.20. The molecule has 68 valence electrons. The monoisotopic (exact) mass is 174 g/mol. The van der Waals surface area contributed by atoms with Crippen LogP contribution in [0.1, 0.15) is 18.1 Å². The molecule has 2 nitrogen and oxygen atoms in total. The Labute approximate surface area is 78.7 Å². The summed E-state index contributed by atoms with van der Waals surface area (Å²) >= 11 is 0. The molecule has 2 heteroatoms. The van der Waals surface area contributed by atoms with Gasteiger partial charge >= 0.3 is 0 Å². The van der Waals surface area contributed by atoms with Crippen molar-refractivity contribution in [1.29, 1.82) is 0 Å². The molecule has 1 unspecified atom stereocenters. The van der Waals surface area contributed by atoms with Crippen molar-refractivity contribution in [3.8, 4) is 0 Å². The quantitative estimate of drug-likeness (QED) is 0.689. The Morgan fingerprint density at radius 3 is 2.92 bits per heavy atom. The van der Waals surface area contributed by atoms with Crippen LogP contribution < -0.4 is 5.32 Å². The van der Waals surface area contributed by atoms with Crippen LogP contribution >= 0.6 is 0 Å². The van der Waals surface area contributed by atoms with Crippen LogP contribution in [0.2, 0.25) is 0 Å². The Kier molecular flexibility index (Phi) is 2.05. The molecule has 0 radical (unpaired) electrons. The van der Waals surface area contributed by atoms with Gasteiger partial charge in [-0.3, -0.25) is 4.99 Å². The minimum atomic E-state index is 0.413. The van der Waals surface area contributed by atoms with Gasteiger partial charge in [0.2, 0.25) is 0 Å². The van der Waals surface area contributed by atoms with Crippen molar-refractivity contribution >= 4 is 5.84 Å². The van der Waals surface area contributed by atoms with Crippen LogP contribution in [0.15, 0.2) is 29.3 Å². The second-order valence-electron chi connectivity index (χ2n) is 3.58. The molecule has 1 aromatic carbocycles. The van der Waals surface area contributed by atoms with Gasteiger partial charge in [0.15, 0.2) is 0 Å². The number of hydrogen-bond donors (Lipinski definition) is 1. The molecular weight excluding hydrogens is 160 g/mol. The molecule has 0 aromatic heterocycles. The maximum Gasteiger partial charge on any atom is 0.128 e. The summed E-state index contributed by atoms with van der Waals surface area (Å²) in [4.78, 5) is 4.51. The van der Waals surface area contributed by atoms with Crippen molar-refractivity contribution < 1.29 is 0 Å². The normalized spacial score (nSPS) is 21.1. The maximum absolute atomic E-state index is 4.51. The highest BCUT2D eigenvalue weighted by atomic mass is 15.1. The second-order valence-corrected chi connectivity index (χ2v) is 3.58. The first-order chi connectivity index (χ1) is 6.25. The Balaban J connectivity index is 2.31. The molecule has 2 rings (SSSR count). The van der Waals surface area contributed by atoms with Crippen molar-refractivity contribution in [3.63, 3.8) is 0 Å². The van der Waals surface area contributed by atoms with E-state index >= 15 is 0 Å². The van der Waals surface area contributed by atoms with Crippen LogP contribution in [0.25, 0.3) is 0 Å². The maximum atomic E-state index is 4.51. The fraction of sp³-hybridized carbons (Fsp3) is 0.364. The first-order valence-corrected chi connectivity index (χ1v) is 4.64. The zero-order valence-corrected chi connectivity index (χ0v) is 8.04. The van der Waals surface area contributed by atoms with Crippen LogP contribution in [0.4, 0.5) is 0 Å². The summed E-state index contributed by atoms with van der Waals surface area (Å²) in [5.41, 5.74) is 2.48. The van der Waals surface area contributed by atoms with E-state index in [1.807, 2.05) is 0 Å². The standard InChI is InChI=1S/C11H14N2/c1-8-4-3-5-10(6-8)11-12-7-9(2)13-11/h3-6,9H,7H2,1-2H3,(H,12,13). The summed E-state index contributed by atoms with van der Waals surface area (Å²) < 4.78 is 0. The van der Waals surface area contributed by atoms with Gasteiger partial charge in [0, 0.05) is 12.1 Å². The molecule has 1 heterocycles. The Morgan fingerprint density at radius 2 is 2.31 bits per heavy atom. The van der Waals surface area contributed by atoms with Crippen molar-refractivity contribution in [2.45, 2.75) is 19.9 Å². The smallest absolute Gasteiger partial charge is 0.128 e. The highest BCUT2D eigenvalue weighted by Crippen LogP contribution is 2.08. The van der Waals surface area contributed by atoms with Gasteiger partial charge < -0.3 is 5.32 Å². The summed E-state index contributed by atoms with van der Waals surface area (Å²) in [6.07, 6.45) is 0. The van der Waals surface area contributed by atoms with E-state index in [1.54, 1.807) is 0 Å². The lowest BCUT2D eigenvalue weighted by atomic mass is 10.1. The van der Waals surface area contributed by atoms with Gasteiger partial charge in [-0.1, -0.05) is 23.8 Å². The molecule has 0 saturated heterocycles. The number of benzene rings is 1. The minimum Gasteiger partial charge on any atom is -0.368 e. The molecule has 1 aromatic rings. The van der Waals surface area contributed by atoms with Gasteiger partial charge in [0.1, 0.15) is 5.84 Å². The first-order valence-electron chi connectivity index (χ1n) is 4.64. The number of aryl methyl sites for hydroxylation is 1. The molecular formula is C11H14N2. The van der Waals surface area contributed by atoms with Gasteiger partial charge in [-0.15, -0.1) is 0 Å². The Hall–Kier alpha value is -1.31. The molecule has 0 amide bonds. The molecule has 0 bridgehead atoms. The number of nitrogens with zero attached hydrogens (tertiary/aromatic N) is 1. The highest BCUT2D eigenvalue weighted by molar-refractivity contribution is 6.00. The molecule has 1 atom stereocenters. The predicted octanol–water partition coefficient (Wildman–Crippen LogP) is 1.73. The first kappa shape index (κ1) is 8.30. The van der Waals surface area contributed by atoms with Crippen LogP contribution in [0.3, 0.4) is 0 Å². The zero-order chi connectivity index (χ0) is 9.26. The van der Waals surface area contributed by atoms with Gasteiger partial charge in [0.25, 0.3) is 0 Å². The van der Waals surface area contributed by atoms with Gasteiger partial charge in [-0.05, 0) is 19.9 Å². The van der Waals surface area contributed by atoms with Crippen LogP contribution in [0, 0.1) is 6.92 Å². The van der Waals surface area contributed by atoms with Gasteiger partial charge in [0.05, 0.1) is 6.04 Å². The molecule has 1 N–H and O–H groups in total. The number of amidine groups is 1. The van der Waals surface area contributed by atoms with E-state index < -0.39 is 0 Å². The van der Waals surface area contributed by atoms with Crippen molar-refractivity contribution in [1.82, 2.24) is 5.32 Å². The SMILES string of the molecule is Cc1cccc(C2=NC(C)CN2)c1. The van der Waals surface area contributed by atoms with E-state index in [-0.39, 0.29) is 0 Å². The average molecular weight is 174 g/mol. The lowest BCUT2D eigenvalue weighted by molar-refractivity contribution is 0.766. The van der Waals surface area contributed by atoms with Gasteiger partial charge in [-0.25, -0.2) is 0 Å². The van der Waals surface area contributed by atoms with Crippen LogP contribution in [-0.2, 0) is 0 Å². The van der Waals surface area contributed by atoms with Crippen molar-refractivity contribution in [3.05, 3.63) is 35.4 Å². The third-order valence-corrected chi connectivity index (χ3v) is 2.21. The molecule has 1 aliphatic rings. The molecule has 1 aliphatic heterocycles. The summed E-state index contributed by atoms with van der Waals surface area (Å²) in [6.45, 7) is 5.18. The molecule has 13 heavy (non-hydrogen) atoms. The summed E-state index contributed by atoms with van der Waals surface area (Å²) in [5.74, 6) is 1.04. The largest absolute Gasteiger partial charge is 0.368 e. The predicted molar refractivity (Wildman–Crippen MR) is 55.2 cm³/mol. The summed E-state index contributed by atoms with van der Waals surface area (Å²) in [6, 6.07) is 8.83. The zero-order valence-electron chi connectivity index (χ0n) is 8.04. The Bertz CT molecular complexity index is 342. The molecule has 0 fully saturated rings. The Morgan fingerprint density at radius 1 is 1.46 bits per heavy atom. The van der Waals surface area contributed by atoms with E-state index in [0.717, 1.165) is 12.4 Å². The fourth-order valence-corrected chi connectivity index (χ4v) is 1.53. The molecule has 0 saturated carbocycles. The van der Waals surface area contributed by atoms with E-state index in [2.05, 4.69) is 48.4 Å². The van der Waals surface area contributed by atoms with Crippen LogP contribution in [0.5, 0.6) is 0 Å². The topological polar surface area (TPSA) is 24.4 Å². The number of hydrogen-bond acceptors (Lipinski definition) is 2. The second kappa shape index (κ2) is 3.21. The third-order valence-electron chi connectivity index (χ3n) is 2.21. The molecule has 0 spiro atoms. The molecule has 0 aliphatic carbocycles. The fourth-order valence-electron chi connectivity index (χ4n) is 1.53. The average Bonchev–Trinajstić information content (AvgIpc) is 2.52. The summed E-state index contributed by atoms with van der Waals surface area (Å²) in [5, 5.41) is 3.30. The van der Waals surface area contributed by atoms with Gasteiger partial charge in [-0.2, -0.15) is 0 Å². The highest BCUT2D eigenvalue weighted by Gasteiger charge is 2.12.